The van der Waals surface area contributed by atoms with E-state index in [1.165, 1.54) is 30.1 Å². The van der Waals surface area contributed by atoms with E-state index in [1.807, 2.05) is 6.07 Å². The summed E-state index contributed by atoms with van der Waals surface area (Å²) in [6, 6.07) is 8.57. The van der Waals surface area contributed by atoms with Gasteiger partial charge < -0.3 is 0 Å². The van der Waals surface area contributed by atoms with Gasteiger partial charge in [0.25, 0.3) is 0 Å². The quantitative estimate of drug-likeness (QED) is 0.386. The number of nitrogens with zero attached hydrogens (tertiary/aromatic N) is 1. The molecule has 4 rings (SSSR count). The summed E-state index contributed by atoms with van der Waals surface area (Å²) in [4.78, 5) is 6.08. The smallest absolute Gasteiger partial charge is 0.134 e. The molecule has 0 fully saturated rings. The number of aromatic nitrogens is 1. The Morgan fingerprint density at radius 3 is 2.45 bits per heavy atom. The lowest BCUT2D eigenvalue weighted by Crippen LogP contribution is -1.78. The molecular formula is C15H10ClNS3. The van der Waals surface area contributed by atoms with E-state index < -0.39 is 0 Å². The minimum absolute atomic E-state index is 0.855. The molecule has 0 saturated heterocycles. The molecule has 4 aromatic rings. The van der Waals surface area contributed by atoms with Crippen LogP contribution in [0.25, 0.3) is 29.5 Å². The molecule has 0 atom stereocenters. The molecule has 3 aromatic heterocycles. The van der Waals surface area contributed by atoms with Crippen molar-refractivity contribution in [3.05, 3.63) is 39.7 Å². The molecule has 1 nitrogen and oxygen atoms in total. The number of benzene rings is 1. The molecule has 3 heterocycles. The maximum absolute atomic E-state index is 6.04. The molecular weight excluding hydrogens is 326 g/mol. The standard InChI is InChI=1S/C15H10ClNS3/c1-7-3-4-8(2)14-13(7)17-15(20-14)11-5-9-10(18-11)6-12(16)19-9/h3-6H,1-2H3. The van der Waals surface area contributed by atoms with Crippen LogP contribution in [0, 0.1) is 13.8 Å². The lowest BCUT2D eigenvalue weighted by atomic mass is 10.1. The van der Waals surface area contributed by atoms with Crippen LogP contribution in [0.2, 0.25) is 4.34 Å². The van der Waals surface area contributed by atoms with E-state index >= 15 is 0 Å². The number of hydrogen-bond donors (Lipinski definition) is 0. The molecule has 0 bridgehead atoms. The molecule has 0 amide bonds. The van der Waals surface area contributed by atoms with Gasteiger partial charge in [-0.05, 0) is 37.1 Å². The normalized spacial score (nSPS) is 11.8. The van der Waals surface area contributed by atoms with Crippen LogP contribution < -0.4 is 0 Å². The predicted octanol–water partition coefficient (Wildman–Crippen LogP) is 6.51. The van der Waals surface area contributed by atoms with E-state index in [1.54, 1.807) is 34.0 Å². The first-order valence-corrected chi connectivity index (χ1v) is 9.00. The van der Waals surface area contributed by atoms with Gasteiger partial charge in [-0.25, -0.2) is 4.98 Å². The summed E-state index contributed by atoms with van der Waals surface area (Å²) in [7, 11) is 0. The zero-order valence-electron chi connectivity index (χ0n) is 10.9. The van der Waals surface area contributed by atoms with Crippen molar-refractivity contribution in [3.8, 4) is 9.88 Å². The molecule has 0 aliphatic heterocycles. The van der Waals surface area contributed by atoms with Gasteiger partial charge in [0.05, 0.1) is 19.4 Å². The number of aryl methyl sites for hydroxylation is 2. The maximum atomic E-state index is 6.04. The van der Waals surface area contributed by atoms with Crippen molar-refractivity contribution in [1.29, 1.82) is 0 Å². The molecule has 0 aliphatic rings. The maximum Gasteiger partial charge on any atom is 0.134 e. The third-order valence-electron chi connectivity index (χ3n) is 3.33. The van der Waals surface area contributed by atoms with Crippen LogP contribution >= 0.6 is 45.6 Å². The van der Waals surface area contributed by atoms with E-state index in [2.05, 4.69) is 32.0 Å². The minimum atomic E-state index is 0.855. The zero-order valence-corrected chi connectivity index (χ0v) is 14.1. The molecule has 0 aliphatic carbocycles. The second-order valence-electron chi connectivity index (χ2n) is 4.79. The first-order chi connectivity index (χ1) is 9.61. The Labute approximate surface area is 133 Å². The summed E-state index contributed by atoms with van der Waals surface area (Å²) in [6.45, 7) is 4.27. The van der Waals surface area contributed by atoms with Gasteiger partial charge in [-0.3, -0.25) is 0 Å². The fraction of sp³-hybridized carbons (Fsp3) is 0.133. The number of thiazole rings is 1. The van der Waals surface area contributed by atoms with Crippen LogP contribution in [-0.4, -0.2) is 4.98 Å². The van der Waals surface area contributed by atoms with Crippen LogP contribution in [0.3, 0.4) is 0 Å². The third kappa shape index (κ3) is 1.91. The van der Waals surface area contributed by atoms with Crippen molar-refractivity contribution in [3.63, 3.8) is 0 Å². The van der Waals surface area contributed by atoms with Gasteiger partial charge in [0.1, 0.15) is 5.01 Å². The fourth-order valence-electron chi connectivity index (χ4n) is 2.28. The highest BCUT2D eigenvalue weighted by atomic mass is 35.5. The van der Waals surface area contributed by atoms with Gasteiger partial charge in [-0.2, -0.15) is 0 Å². The van der Waals surface area contributed by atoms with Crippen LogP contribution in [0.4, 0.5) is 0 Å². The average molecular weight is 336 g/mol. The molecule has 20 heavy (non-hydrogen) atoms. The van der Waals surface area contributed by atoms with Crippen molar-refractivity contribution in [2.24, 2.45) is 0 Å². The Morgan fingerprint density at radius 1 is 0.950 bits per heavy atom. The van der Waals surface area contributed by atoms with E-state index in [-0.39, 0.29) is 0 Å². The number of hydrogen-bond acceptors (Lipinski definition) is 4. The van der Waals surface area contributed by atoms with Crippen molar-refractivity contribution >= 4 is 65.2 Å². The highest BCUT2D eigenvalue weighted by Gasteiger charge is 2.13. The second kappa shape index (κ2) is 4.53. The van der Waals surface area contributed by atoms with Crippen LogP contribution in [0.5, 0.6) is 0 Å². The fourth-order valence-corrected chi connectivity index (χ4v) is 5.98. The van der Waals surface area contributed by atoms with Crippen molar-refractivity contribution in [2.45, 2.75) is 13.8 Å². The summed E-state index contributed by atoms with van der Waals surface area (Å²) in [6.07, 6.45) is 0. The summed E-state index contributed by atoms with van der Waals surface area (Å²) < 4.78 is 4.66. The average Bonchev–Trinajstić information content (AvgIpc) is 3.05. The Kier molecular flexibility index (Phi) is 2.89. The van der Waals surface area contributed by atoms with Gasteiger partial charge in [-0.15, -0.1) is 34.0 Å². The summed E-state index contributed by atoms with van der Waals surface area (Å²) in [5.41, 5.74) is 3.69. The van der Waals surface area contributed by atoms with Gasteiger partial charge in [0, 0.05) is 9.40 Å². The number of rotatable bonds is 1. The van der Waals surface area contributed by atoms with Crippen LogP contribution in [-0.2, 0) is 0 Å². The summed E-state index contributed by atoms with van der Waals surface area (Å²) >= 11 is 11.2. The minimum Gasteiger partial charge on any atom is -0.235 e. The lowest BCUT2D eigenvalue weighted by molar-refractivity contribution is 1.41. The number of halogens is 1. The van der Waals surface area contributed by atoms with E-state index in [0.29, 0.717) is 0 Å². The Bertz CT molecular complexity index is 874. The monoisotopic (exact) mass is 335 g/mol. The molecule has 5 heteroatoms. The summed E-state index contributed by atoms with van der Waals surface area (Å²) in [5.74, 6) is 0. The highest BCUT2D eigenvalue weighted by Crippen LogP contribution is 2.42. The molecule has 0 N–H and O–H groups in total. The highest BCUT2D eigenvalue weighted by molar-refractivity contribution is 7.33. The molecule has 0 radical (unpaired) electrons. The summed E-state index contributed by atoms with van der Waals surface area (Å²) in [5, 5.41) is 1.11. The first kappa shape index (κ1) is 12.8. The van der Waals surface area contributed by atoms with Crippen molar-refractivity contribution < 1.29 is 0 Å². The Balaban J connectivity index is 1.94. The first-order valence-electron chi connectivity index (χ1n) is 6.18. The Hall–Kier alpha value is -0.940. The van der Waals surface area contributed by atoms with Crippen molar-refractivity contribution in [2.75, 3.05) is 0 Å². The van der Waals surface area contributed by atoms with Crippen LogP contribution in [0.15, 0.2) is 24.3 Å². The molecule has 1 aromatic carbocycles. The zero-order chi connectivity index (χ0) is 13.9. The molecule has 0 spiro atoms. The van der Waals surface area contributed by atoms with E-state index in [9.17, 15) is 0 Å². The van der Waals surface area contributed by atoms with Crippen molar-refractivity contribution in [1.82, 2.24) is 4.98 Å². The van der Waals surface area contributed by atoms with E-state index in [0.717, 1.165) is 14.9 Å². The van der Waals surface area contributed by atoms with E-state index in [4.69, 9.17) is 16.6 Å². The van der Waals surface area contributed by atoms with Gasteiger partial charge >= 0.3 is 0 Å². The Morgan fingerprint density at radius 2 is 1.70 bits per heavy atom. The van der Waals surface area contributed by atoms with Gasteiger partial charge in [0.2, 0.25) is 0 Å². The predicted molar refractivity (Wildman–Crippen MR) is 92.8 cm³/mol. The van der Waals surface area contributed by atoms with Crippen LogP contribution in [0.1, 0.15) is 11.1 Å². The molecule has 0 unspecified atom stereocenters. The van der Waals surface area contributed by atoms with Gasteiger partial charge in [-0.1, -0.05) is 23.7 Å². The number of thiophene rings is 2. The third-order valence-corrected chi connectivity index (χ3v) is 7.11. The molecule has 100 valence electrons. The molecule has 0 saturated carbocycles. The lowest BCUT2D eigenvalue weighted by Gasteiger charge is -1.96. The van der Waals surface area contributed by atoms with Gasteiger partial charge in [0.15, 0.2) is 0 Å². The topological polar surface area (TPSA) is 12.9 Å². The second-order valence-corrected chi connectivity index (χ2v) is 8.58. The SMILES string of the molecule is Cc1ccc(C)c2sc(-c3cc4sc(Cl)cc4s3)nc12. The largest absolute Gasteiger partial charge is 0.235 e. The number of fused-ring (bicyclic) bond motifs is 2.